The van der Waals surface area contributed by atoms with Crippen LogP contribution in [-0.2, 0) is 47.7 Å². The van der Waals surface area contributed by atoms with E-state index in [2.05, 4.69) is 0 Å². The average Bonchev–Trinajstić information content (AvgIpc) is 2.49. The number of aliphatic carboxylic acids is 1. The fourth-order valence-electron chi connectivity index (χ4n) is 2.65. The Balaban J connectivity index is 3.29. The summed E-state index contributed by atoms with van der Waals surface area (Å²) in [5.41, 5.74) is 0. The van der Waals surface area contributed by atoms with E-state index in [0.29, 0.717) is 0 Å². The molecule has 1 fully saturated rings. The highest BCUT2D eigenvalue weighted by molar-refractivity contribution is 5.70. The van der Waals surface area contributed by atoms with Gasteiger partial charge in [-0.3, -0.25) is 24.0 Å². The zero-order valence-electron chi connectivity index (χ0n) is 15.3. The number of rotatable bonds is 7. The van der Waals surface area contributed by atoms with Crippen LogP contribution in [0.3, 0.4) is 0 Å². The highest BCUT2D eigenvalue weighted by Gasteiger charge is 2.52. The van der Waals surface area contributed by atoms with Crippen molar-refractivity contribution in [1.29, 1.82) is 0 Å². The predicted molar refractivity (Wildman–Crippen MR) is 84.2 cm³/mol. The molecule has 0 aromatic heterocycles. The van der Waals surface area contributed by atoms with Gasteiger partial charge in [0, 0.05) is 27.7 Å². The fraction of sp³-hybridized carbons (Fsp3) is 0.688. The van der Waals surface area contributed by atoms with Crippen LogP contribution in [0.4, 0.5) is 0 Å². The zero-order valence-corrected chi connectivity index (χ0v) is 15.3. The van der Waals surface area contributed by atoms with Crippen molar-refractivity contribution in [1.82, 2.24) is 0 Å². The van der Waals surface area contributed by atoms with Crippen molar-refractivity contribution in [2.45, 2.75) is 64.6 Å². The van der Waals surface area contributed by atoms with Crippen LogP contribution >= 0.6 is 0 Å². The maximum atomic E-state index is 11.5. The van der Waals surface area contributed by atoms with Gasteiger partial charge in [-0.15, -0.1) is 0 Å². The summed E-state index contributed by atoms with van der Waals surface area (Å²) < 4.78 is 25.9. The van der Waals surface area contributed by atoms with Crippen LogP contribution in [0, 0.1) is 0 Å². The van der Waals surface area contributed by atoms with Crippen LogP contribution in [-0.4, -0.2) is 72.1 Å². The van der Waals surface area contributed by atoms with E-state index in [0.717, 1.165) is 27.7 Å². The lowest BCUT2D eigenvalue weighted by atomic mass is 9.92. The molecule has 2 unspecified atom stereocenters. The maximum absolute atomic E-state index is 11.5. The second-order valence-corrected chi connectivity index (χ2v) is 5.84. The Morgan fingerprint density at radius 2 is 1.19 bits per heavy atom. The smallest absolute Gasteiger partial charge is 0.306 e. The van der Waals surface area contributed by atoms with E-state index in [1.165, 1.54) is 0 Å². The molecule has 11 nitrogen and oxygen atoms in total. The topological polar surface area (TPSA) is 152 Å². The maximum Gasteiger partial charge on any atom is 0.306 e. The molecule has 0 spiro atoms. The van der Waals surface area contributed by atoms with Crippen molar-refractivity contribution in [2.75, 3.05) is 6.61 Å². The van der Waals surface area contributed by atoms with Gasteiger partial charge in [-0.05, 0) is 0 Å². The lowest BCUT2D eigenvalue weighted by molar-refractivity contribution is -0.253. The van der Waals surface area contributed by atoms with Crippen molar-refractivity contribution < 1.29 is 52.8 Å². The molecule has 1 rings (SSSR count). The van der Waals surface area contributed by atoms with Gasteiger partial charge in [0.05, 0.1) is 6.42 Å². The van der Waals surface area contributed by atoms with Gasteiger partial charge in [0.2, 0.25) is 0 Å². The van der Waals surface area contributed by atoms with E-state index in [4.69, 9.17) is 28.8 Å². The Bertz CT molecular complexity index is 599. The number of carboxylic acid groups (broad SMARTS) is 1. The number of hydrogen-bond acceptors (Lipinski definition) is 10. The normalized spacial score (nSPS) is 27.2. The largest absolute Gasteiger partial charge is 0.481 e. The molecular formula is C16H22O11. The first kappa shape index (κ1) is 22.4. The first-order chi connectivity index (χ1) is 12.5. The first-order valence-corrected chi connectivity index (χ1v) is 8.03. The third kappa shape index (κ3) is 7.21. The van der Waals surface area contributed by atoms with Gasteiger partial charge < -0.3 is 28.8 Å². The van der Waals surface area contributed by atoms with Crippen LogP contribution < -0.4 is 0 Å². The zero-order chi connectivity index (χ0) is 20.7. The fourth-order valence-corrected chi connectivity index (χ4v) is 2.65. The molecule has 11 heteroatoms. The molecule has 1 aliphatic heterocycles. The predicted octanol–water partition coefficient (Wildman–Crippen LogP) is -0.413. The molecular weight excluding hydrogens is 368 g/mol. The minimum atomic E-state index is -1.35. The number of hydrogen-bond donors (Lipinski definition) is 1. The second-order valence-electron chi connectivity index (χ2n) is 5.84. The third-order valence-electron chi connectivity index (χ3n) is 3.46. The standard InChI is InChI=1S/C16H22O11/c1-7(17)23-6-12-15(25-9(3)19)16(26-10(4)20)14(24-8(2)18)11(27-12)5-13(21)22/h11-12,14-16H,5-6H2,1-4H3,(H,21,22)/t11-,12?,14?,15+,16-/m1/s1. The molecule has 5 atom stereocenters. The van der Waals surface area contributed by atoms with Crippen LogP contribution in [0.15, 0.2) is 0 Å². The number of esters is 4. The van der Waals surface area contributed by atoms with E-state index in [9.17, 15) is 24.0 Å². The van der Waals surface area contributed by atoms with Crippen LogP contribution in [0.5, 0.6) is 0 Å². The molecule has 0 aliphatic carbocycles. The van der Waals surface area contributed by atoms with Gasteiger partial charge in [0.1, 0.15) is 18.8 Å². The molecule has 0 bridgehead atoms. The Morgan fingerprint density at radius 1 is 0.741 bits per heavy atom. The average molecular weight is 390 g/mol. The van der Waals surface area contributed by atoms with Crippen molar-refractivity contribution >= 4 is 29.8 Å². The summed E-state index contributed by atoms with van der Waals surface area (Å²) >= 11 is 0. The van der Waals surface area contributed by atoms with Gasteiger partial charge in [-0.25, -0.2) is 0 Å². The van der Waals surface area contributed by atoms with Gasteiger partial charge in [-0.1, -0.05) is 0 Å². The van der Waals surface area contributed by atoms with E-state index in [-0.39, 0.29) is 0 Å². The summed E-state index contributed by atoms with van der Waals surface area (Å²) in [5, 5.41) is 9.10. The van der Waals surface area contributed by atoms with Crippen molar-refractivity contribution in [3.05, 3.63) is 0 Å². The molecule has 1 heterocycles. The molecule has 0 saturated carbocycles. The highest BCUT2D eigenvalue weighted by Crippen LogP contribution is 2.30. The number of ether oxygens (including phenoxy) is 5. The summed E-state index contributed by atoms with van der Waals surface area (Å²) in [4.78, 5) is 56.7. The Labute approximate surface area is 154 Å². The van der Waals surface area contributed by atoms with E-state index in [1.807, 2.05) is 0 Å². The van der Waals surface area contributed by atoms with Crippen LogP contribution in [0.1, 0.15) is 34.1 Å². The quantitative estimate of drug-likeness (QED) is 0.446. The number of carboxylic acids is 1. The molecule has 1 N–H and O–H groups in total. The molecule has 0 aromatic carbocycles. The summed E-state index contributed by atoms with van der Waals surface area (Å²) in [5.74, 6) is -4.24. The van der Waals surface area contributed by atoms with Crippen molar-refractivity contribution in [3.63, 3.8) is 0 Å². The molecule has 0 aromatic rings. The first-order valence-electron chi connectivity index (χ1n) is 8.03. The summed E-state index contributed by atoms with van der Waals surface area (Å²) in [6, 6.07) is 0. The Hall–Kier alpha value is -2.69. The summed E-state index contributed by atoms with van der Waals surface area (Å²) in [6.45, 7) is 4.00. The van der Waals surface area contributed by atoms with Crippen molar-refractivity contribution in [3.8, 4) is 0 Å². The molecule has 0 radical (unpaired) electrons. The minimum Gasteiger partial charge on any atom is -0.481 e. The van der Waals surface area contributed by atoms with Crippen LogP contribution in [0.2, 0.25) is 0 Å². The van der Waals surface area contributed by atoms with Gasteiger partial charge >= 0.3 is 29.8 Å². The third-order valence-corrected chi connectivity index (χ3v) is 3.46. The summed E-state index contributed by atoms with van der Waals surface area (Å²) in [6.07, 6.45) is -6.96. The Morgan fingerprint density at radius 3 is 1.59 bits per heavy atom. The van der Waals surface area contributed by atoms with E-state index >= 15 is 0 Å². The molecule has 1 saturated heterocycles. The van der Waals surface area contributed by atoms with Crippen LogP contribution in [0.25, 0.3) is 0 Å². The monoisotopic (exact) mass is 390 g/mol. The molecule has 152 valence electrons. The van der Waals surface area contributed by atoms with E-state index in [1.54, 1.807) is 0 Å². The second kappa shape index (κ2) is 9.86. The van der Waals surface area contributed by atoms with Gasteiger partial charge in [0.25, 0.3) is 0 Å². The SMILES string of the molecule is CC(=O)OCC1O[C@H](CC(=O)O)C(OC(C)=O)[C@@H](OC(C)=O)[C@H]1OC(C)=O. The Kier molecular flexibility index (Phi) is 8.16. The lowest BCUT2D eigenvalue weighted by Gasteiger charge is -2.44. The van der Waals surface area contributed by atoms with Gasteiger partial charge in [-0.2, -0.15) is 0 Å². The number of carbonyl (C=O) groups is 5. The molecule has 27 heavy (non-hydrogen) atoms. The van der Waals surface area contributed by atoms with Gasteiger partial charge in [0.15, 0.2) is 18.3 Å². The minimum absolute atomic E-state index is 0.395. The van der Waals surface area contributed by atoms with Crippen molar-refractivity contribution in [2.24, 2.45) is 0 Å². The highest BCUT2D eigenvalue weighted by atomic mass is 16.7. The van der Waals surface area contributed by atoms with E-state index < -0.39 is 73.4 Å². The summed E-state index contributed by atoms with van der Waals surface area (Å²) in [7, 11) is 0. The molecule has 0 amide bonds. The number of carbonyl (C=O) groups excluding carboxylic acids is 4. The lowest BCUT2D eigenvalue weighted by Crippen LogP contribution is -2.62. The molecule has 1 aliphatic rings.